The first-order chi connectivity index (χ1) is 17.9. The van der Waals surface area contributed by atoms with E-state index in [0.29, 0.717) is 16.1 Å². The molecule has 5 rings (SSSR count). The summed E-state index contributed by atoms with van der Waals surface area (Å²) >= 11 is 12.7. The average Bonchev–Trinajstić information content (AvgIpc) is 2.89. The van der Waals surface area contributed by atoms with Crippen LogP contribution in [-0.2, 0) is 6.42 Å². The Labute approximate surface area is 229 Å². The maximum Gasteiger partial charge on any atom is 0.251 e. The molecule has 3 aromatic carbocycles. The van der Waals surface area contributed by atoms with Gasteiger partial charge in [0.15, 0.2) is 0 Å². The van der Waals surface area contributed by atoms with E-state index < -0.39 is 0 Å². The van der Waals surface area contributed by atoms with Crippen molar-refractivity contribution < 1.29 is 9.90 Å². The molecule has 0 bridgehead atoms. The Kier molecular flexibility index (Phi) is 8.37. The summed E-state index contributed by atoms with van der Waals surface area (Å²) in [7, 11) is 1.69. The number of amides is 1. The molecule has 2 aliphatic rings. The summed E-state index contributed by atoms with van der Waals surface area (Å²) in [5.41, 5.74) is 2.94. The summed E-state index contributed by atoms with van der Waals surface area (Å²) < 4.78 is 0. The highest BCUT2D eigenvalue weighted by Gasteiger charge is 2.33. The van der Waals surface area contributed by atoms with Crippen LogP contribution in [0.1, 0.15) is 46.7 Å². The lowest BCUT2D eigenvalue weighted by Crippen LogP contribution is -2.61. The first-order valence-electron chi connectivity index (χ1n) is 13.2. The molecule has 1 amide bonds. The van der Waals surface area contributed by atoms with Crippen LogP contribution in [0, 0.1) is 0 Å². The maximum atomic E-state index is 13.0. The van der Waals surface area contributed by atoms with Crippen LogP contribution in [0.5, 0.6) is 0 Å². The molecular weight excluding hydrogens is 505 g/mol. The van der Waals surface area contributed by atoms with E-state index in [0.717, 1.165) is 85.9 Å². The van der Waals surface area contributed by atoms with Crippen molar-refractivity contribution in [2.75, 3.05) is 39.8 Å². The van der Waals surface area contributed by atoms with Gasteiger partial charge in [-0.1, -0.05) is 65.7 Å². The van der Waals surface area contributed by atoms with Crippen molar-refractivity contribution in [1.82, 2.24) is 15.1 Å². The number of benzene rings is 3. The minimum absolute atomic E-state index is 0.0584. The number of rotatable bonds is 8. The smallest absolute Gasteiger partial charge is 0.251 e. The Hall–Kier alpha value is -2.15. The molecular formula is C30H35Cl2N3O2. The number of hydrogen-bond acceptors (Lipinski definition) is 4. The second kappa shape index (κ2) is 11.7. The van der Waals surface area contributed by atoms with Gasteiger partial charge in [-0.05, 0) is 72.2 Å². The molecule has 37 heavy (non-hydrogen) atoms. The van der Waals surface area contributed by atoms with E-state index >= 15 is 0 Å². The number of carbonyl (C=O) groups excluding carboxylic acids is 1. The lowest BCUT2D eigenvalue weighted by molar-refractivity contribution is -0.00523. The van der Waals surface area contributed by atoms with Gasteiger partial charge in [-0.2, -0.15) is 0 Å². The Balaban J connectivity index is 1.34. The molecule has 7 heteroatoms. The van der Waals surface area contributed by atoms with E-state index in [2.05, 4.69) is 33.3 Å². The fraction of sp³-hybridized carbons (Fsp3) is 0.433. The first-order valence-corrected chi connectivity index (χ1v) is 14.0. The van der Waals surface area contributed by atoms with Crippen molar-refractivity contribution in [2.45, 2.75) is 43.7 Å². The van der Waals surface area contributed by atoms with Crippen LogP contribution in [0.2, 0.25) is 10.0 Å². The van der Waals surface area contributed by atoms with E-state index in [4.69, 9.17) is 23.2 Å². The number of piperidine rings is 1. The largest absolute Gasteiger partial charge is 0.393 e. The highest BCUT2D eigenvalue weighted by atomic mass is 35.5. The zero-order valence-electron chi connectivity index (χ0n) is 21.3. The molecule has 5 nitrogen and oxygen atoms in total. The van der Waals surface area contributed by atoms with Crippen molar-refractivity contribution in [1.29, 1.82) is 0 Å². The van der Waals surface area contributed by atoms with Crippen molar-refractivity contribution >= 4 is 39.9 Å². The molecule has 2 N–H and O–H groups in total. The highest BCUT2D eigenvalue weighted by molar-refractivity contribution is 6.42. The van der Waals surface area contributed by atoms with E-state index in [9.17, 15) is 9.90 Å². The molecule has 0 radical (unpaired) electrons. The van der Waals surface area contributed by atoms with E-state index in [-0.39, 0.29) is 17.9 Å². The lowest BCUT2D eigenvalue weighted by atomic mass is 9.85. The molecule has 3 aromatic rings. The molecule has 2 heterocycles. The number of nitrogens with one attached hydrogen (secondary N) is 1. The molecule has 0 aromatic heterocycles. The summed E-state index contributed by atoms with van der Waals surface area (Å²) in [4.78, 5) is 18.1. The normalized spacial score (nSPS) is 18.6. The molecule has 0 unspecified atom stereocenters. The second-order valence-corrected chi connectivity index (χ2v) is 11.3. The number of likely N-dealkylation sites (tertiary alicyclic amines) is 2. The number of aliphatic hydroxyl groups is 1. The number of fused-ring (bicyclic) bond motifs is 1. The number of aliphatic hydroxyl groups excluding tert-OH is 1. The van der Waals surface area contributed by atoms with Crippen LogP contribution in [-0.4, -0.2) is 72.7 Å². The zero-order chi connectivity index (χ0) is 25.9. The number of hydrogen-bond donors (Lipinski definition) is 2. The maximum absolute atomic E-state index is 13.0. The fourth-order valence-corrected chi connectivity index (χ4v) is 6.15. The van der Waals surface area contributed by atoms with Crippen molar-refractivity contribution in [2.24, 2.45) is 0 Å². The minimum atomic E-state index is -0.130. The number of halogens is 2. The molecule has 2 fully saturated rings. The van der Waals surface area contributed by atoms with Crippen LogP contribution in [0.25, 0.3) is 10.8 Å². The van der Waals surface area contributed by atoms with Gasteiger partial charge in [0.2, 0.25) is 0 Å². The first kappa shape index (κ1) is 26.5. The number of carbonyl (C=O) groups is 1. The highest BCUT2D eigenvalue weighted by Crippen LogP contribution is 2.33. The van der Waals surface area contributed by atoms with E-state index in [1.165, 1.54) is 0 Å². The predicted octanol–water partition coefficient (Wildman–Crippen LogP) is 5.36. The summed E-state index contributed by atoms with van der Waals surface area (Å²) in [6.07, 6.45) is 3.34. The van der Waals surface area contributed by atoms with Gasteiger partial charge in [0.05, 0.1) is 21.7 Å². The number of nitrogens with zero attached hydrogens (tertiary/aromatic N) is 2. The van der Waals surface area contributed by atoms with Gasteiger partial charge in [-0.15, -0.1) is 0 Å². The summed E-state index contributed by atoms with van der Waals surface area (Å²) in [5.74, 6) is 0.139. The van der Waals surface area contributed by atoms with Crippen LogP contribution < -0.4 is 5.32 Å². The van der Waals surface area contributed by atoms with Crippen molar-refractivity contribution in [3.8, 4) is 0 Å². The van der Waals surface area contributed by atoms with Gasteiger partial charge in [-0.25, -0.2) is 0 Å². The molecule has 2 aliphatic heterocycles. The van der Waals surface area contributed by atoms with Gasteiger partial charge in [-0.3, -0.25) is 9.69 Å². The predicted molar refractivity (Wildman–Crippen MR) is 152 cm³/mol. The average molecular weight is 541 g/mol. The summed E-state index contributed by atoms with van der Waals surface area (Å²) in [5, 5.41) is 15.8. The van der Waals surface area contributed by atoms with Crippen LogP contribution >= 0.6 is 23.2 Å². The Bertz CT molecular complexity index is 1250. The Morgan fingerprint density at radius 1 is 1.05 bits per heavy atom. The van der Waals surface area contributed by atoms with Gasteiger partial charge in [0.1, 0.15) is 0 Å². The standard InChI is InChI=1S/C30H35Cl2N3O2/c1-33-30(37)29-23(7-6-20-4-2-3-5-26(20)29)16-22(21-8-9-27(31)28(32)17-21)10-13-34-18-24(19-34)35-14-11-25(36)12-15-35/h2-9,17,22,24-25,36H,10-16,18-19H2,1H3,(H,33,37)/t22-/m1/s1. The fourth-order valence-electron chi connectivity index (χ4n) is 5.84. The third-order valence-corrected chi connectivity index (χ3v) is 8.84. The van der Waals surface area contributed by atoms with Gasteiger partial charge in [0, 0.05) is 39.3 Å². The monoisotopic (exact) mass is 539 g/mol. The second-order valence-electron chi connectivity index (χ2n) is 10.4. The van der Waals surface area contributed by atoms with Gasteiger partial charge in [0.25, 0.3) is 5.91 Å². The molecule has 1 atom stereocenters. The third-order valence-electron chi connectivity index (χ3n) is 8.10. The minimum Gasteiger partial charge on any atom is -0.393 e. The zero-order valence-corrected chi connectivity index (χ0v) is 22.8. The van der Waals surface area contributed by atoms with Crippen LogP contribution in [0.15, 0.2) is 54.6 Å². The lowest BCUT2D eigenvalue weighted by Gasteiger charge is -2.47. The van der Waals surface area contributed by atoms with Gasteiger partial charge < -0.3 is 15.3 Å². The van der Waals surface area contributed by atoms with Crippen LogP contribution in [0.3, 0.4) is 0 Å². The summed E-state index contributed by atoms with van der Waals surface area (Å²) in [6, 6.07) is 18.8. The molecule has 196 valence electrons. The molecule has 0 saturated carbocycles. The SMILES string of the molecule is CNC(=O)c1c(C[C@@H](CCN2CC(N3CCC(O)CC3)C2)c2ccc(Cl)c(Cl)c2)ccc2ccccc12. The van der Waals surface area contributed by atoms with E-state index in [1.807, 2.05) is 36.4 Å². The Morgan fingerprint density at radius 3 is 2.54 bits per heavy atom. The van der Waals surface area contributed by atoms with Crippen LogP contribution in [0.4, 0.5) is 0 Å². The van der Waals surface area contributed by atoms with E-state index in [1.54, 1.807) is 7.05 Å². The van der Waals surface area contributed by atoms with Crippen molar-refractivity contribution in [3.63, 3.8) is 0 Å². The third kappa shape index (κ3) is 5.97. The molecule has 0 aliphatic carbocycles. The van der Waals surface area contributed by atoms with Gasteiger partial charge >= 0.3 is 0 Å². The molecule has 2 saturated heterocycles. The quantitative estimate of drug-likeness (QED) is 0.404. The molecule has 0 spiro atoms. The van der Waals surface area contributed by atoms with Crippen molar-refractivity contribution in [3.05, 3.63) is 81.3 Å². The topological polar surface area (TPSA) is 55.8 Å². The summed E-state index contributed by atoms with van der Waals surface area (Å²) in [6.45, 7) is 5.12. The Morgan fingerprint density at radius 2 is 1.81 bits per heavy atom.